The van der Waals surface area contributed by atoms with Gasteiger partial charge in [0, 0.05) is 19.8 Å². The highest BCUT2D eigenvalue weighted by molar-refractivity contribution is 5.01. The highest BCUT2D eigenvalue weighted by Gasteiger charge is 2.47. The number of rotatable bonds is 6. The van der Waals surface area contributed by atoms with Crippen LogP contribution >= 0.6 is 0 Å². The van der Waals surface area contributed by atoms with Crippen LogP contribution in [0.4, 0.5) is 0 Å². The maximum Gasteiger partial charge on any atom is 0.0803 e. The van der Waals surface area contributed by atoms with Crippen molar-refractivity contribution in [2.75, 3.05) is 20.3 Å². The molecule has 0 aromatic heterocycles. The van der Waals surface area contributed by atoms with Crippen LogP contribution in [0.1, 0.15) is 59.3 Å². The molecule has 3 unspecified atom stereocenters. The van der Waals surface area contributed by atoms with Crippen LogP contribution < -0.4 is 5.32 Å². The molecule has 1 spiro atoms. The predicted molar refractivity (Wildman–Crippen MR) is 78.4 cm³/mol. The molecule has 2 fully saturated rings. The molecular weight excluding hydrogens is 238 g/mol. The quantitative estimate of drug-likeness (QED) is 0.803. The Morgan fingerprint density at radius 2 is 2.16 bits per heavy atom. The number of likely N-dealkylation sites (N-methyl/N-ethyl adjacent to an activating group) is 1. The first-order valence-corrected chi connectivity index (χ1v) is 8.01. The van der Waals surface area contributed by atoms with Crippen molar-refractivity contribution in [2.24, 2.45) is 5.92 Å². The van der Waals surface area contributed by atoms with Crippen molar-refractivity contribution in [3.05, 3.63) is 0 Å². The van der Waals surface area contributed by atoms with Gasteiger partial charge in [-0.25, -0.2) is 0 Å². The Labute approximate surface area is 118 Å². The van der Waals surface area contributed by atoms with Crippen molar-refractivity contribution >= 4 is 0 Å². The fourth-order valence-electron chi connectivity index (χ4n) is 3.86. The molecule has 1 saturated carbocycles. The van der Waals surface area contributed by atoms with E-state index >= 15 is 0 Å². The number of hydrogen-bond acceptors (Lipinski definition) is 3. The summed E-state index contributed by atoms with van der Waals surface area (Å²) >= 11 is 0. The molecule has 19 heavy (non-hydrogen) atoms. The van der Waals surface area contributed by atoms with E-state index in [9.17, 15) is 0 Å². The monoisotopic (exact) mass is 269 g/mol. The first-order chi connectivity index (χ1) is 9.09. The molecule has 3 heteroatoms. The number of hydrogen-bond donors (Lipinski definition) is 1. The van der Waals surface area contributed by atoms with Crippen molar-refractivity contribution < 1.29 is 9.47 Å². The summed E-state index contributed by atoms with van der Waals surface area (Å²) in [5.74, 6) is 0.680. The number of ether oxygens (including phenoxy) is 2. The molecule has 0 aromatic carbocycles. The van der Waals surface area contributed by atoms with Gasteiger partial charge in [0.2, 0.25) is 0 Å². The Morgan fingerprint density at radius 1 is 1.42 bits per heavy atom. The van der Waals surface area contributed by atoms with E-state index in [-0.39, 0.29) is 11.2 Å². The molecule has 0 radical (unpaired) electrons. The van der Waals surface area contributed by atoms with Gasteiger partial charge in [0.25, 0.3) is 0 Å². The van der Waals surface area contributed by atoms with Crippen molar-refractivity contribution in [3.63, 3.8) is 0 Å². The van der Waals surface area contributed by atoms with E-state index in [4.69, 9.17) is 9.47 Å². The van der Waals surface area contributed by atoms with Crippen LogP contribution in [0.3, 0.4) is 0 Å². The second-order valence-corrected chi connectivity index (χ2v) is 6.54. The standard InChI is InChI=1S/C16H31NO2/c1-5-15(3,18-4)14(17-6-2)13-8-11-19-16(12-13)9-7-10-16/h13-14,17H,5-12H2,1-4H3. The molecule has 1 heterocycles. The first-order valence-electron chi connectivity index (χ1n) is 8.01. The SMILES string of the molecule is CCNC(C1CCOC2(CCC2)C1)C(C)(CC)OC. The van der Waals surface area contributed by atoms with E-state index < -0.39 is 0 Å². The van der Waals surface area contributed by atoms with Gasteiger partial charge in [-0.1, -0.05) is 13.8 Å². The van der Waals surface area contributed by atoms with Crippen LogP contribution in [0.5, 0.6) is 0 Å². The van der Waals surface area contributed by atoms with Gasteiger partial charge in [0.15, 0.2) is 0 Å². The Hall–Kier alpha value is -0.120. The minimum Gasteiger partial charge on any atom is -0.377 e. The summed E-state index contributed by atoms with van der Waals surface area (Å²) < 4.78 is 11.9. The van der Waals surface area contributed by atoms with Crippen LogP contribution in [-0.2, 0) is 9.47 Å². The molecule has 1 N–H and O–H groups in total. The first kappa shape index (κ1) is 15.3. The van der Waals surface area contributed by atoms with E-state index in [1.807, 2.05) is 7.11 Å². The predicted octanol–water partition coefficient (Wildman–Crippen LogP) is 3.13. The Kier molecular flexibility index (Phi) is 4.91. The summed E-state index contributed by atoms with van der Waals surface area (Å²) in [5, 5.41) is 3.70. The van der Waals surface area contributed by atoms with E-state index in [1.54, 1.807) is 0 Å². The summed E-state index contributed by atoms with van der Waals surface area (Å²) in [7, 11) is 1.85. The highest BCUT2D eigenvalue weighted by Crippen LogP contribution is 2.46. The fraction of sp³-hybridized carbons (Fsp3) is 1.00. The molecule has 0 aromatic rings. The molecule has 3 atom stereocenters. The molecule has 3 nitrogen and oxygen atoms in total. The Morgan fingerprint density at radius 3 is 2.63 bits per heavy atom. The summed E-state index contributed by atoms with van der Waals surface area (Å²) in [6.07, 6.45) is 7.29. The highest BCUT2D eigenvalue weighted by atomic mass is 16.5. The molecule has 1 aliphatic carbocycles. The average Bonchev–Trinajstić information content (AvgIpc) is 2.42. The maximum absolute atomic E-state index is 6.07. The average molecular weight is 269 g/mol. The minimum atomic E-state index is -0.0665. The van der Waals surface area contributed by atoms with Crippen molar-refractivity contribution in [2.45, 2.75) is 76.5 Å². The van der Waals surface area contributed by atoms with E-state index in [2.05, 4.69) is 26.1 Å². The van der Waals surface area contributed by atoms with Gasteiger partial charge >= 0.3 is 0 Å². The topological polar surface area (TPSA) is 30.5 Å². The van der Waals surface area contributed by atoms with Crippen LogP contribution in [0.25, 0.3) is 0 Å². The molecule has 0 amide bonds. The van der Waals surface area contributed by atoms with Crippen molar-refractivity contribution in [3.8, 4) is 0 Å². The molecular formula is C16H31NO2. The smallest absolute Gasteiger partial charge is 0.0803 e. The van der Waals surface area contributed by atoms with Gasteiger partial charge < -0.3 is 14.8 Å². The lowest BCUT2D eigenvalue weighted by Gasteiger charge is -2.51. The molecule has 1 saturated heterocycles. The Balaban J connectivity index is 2.09. The van der Waals surface area contributed by atoms with Gasteiger partial charge in [-0.3, -0.25) is 0 Å². The zero-order valence-electron chi connectivity index (χ0n) is 13.1. The van der Waals surface area contributed by atoms with Crippen molar-refractivity contribution in [1.29, 1.82) is 0 Å². The van der Waals surface area contributed by atoms with Gasteiger partial charge in [-0.2, -0.15) is 0 Å². The van der Waals surface area contributed by atoms with E-state index in [0.29, 0.717) is 12.0 Å². The van der Waals surface area contributed by atoms with Crippen LogP contribution in [0.2, 0.25) is 0 Å². The third-order valence-electron chi connectivity index (χ3n) is 5.52. The number of nitrogens with one attached hydrogen (secondary N) is 1. The van der Waals surface area contributed by atoms with Gasteiger partial charge in [0.1, 0.15) is 0 Å². The maximum atomic E-state index is 6.07. The van der Waals surface area contributed by atoms with Crippen LogP contribution in [-0.4, -0.2) is 37.5 Å². The zero-order valence-corrected chi connectivity index (χ0v) is 13.1. The largest absolute Gasteiger partial charge is 0.377 e. The third-order valence-corrected chi connectivity index (χ3v) is 5.52. The second kappa shape index (κ2) is 6.11. The molecule has 1 aliphatic heterocycles. The minimum absolute atomic E-state index is 0.0665. The van der Waals surface area contributed by atoms with Gasteiger partial charge in [0.05, 0.1) is 11.2 Å². The normalized spacial score (nSPS) is 30.6. The van der Waals surface area contributed by atoms with Gasteiger partial charge in [-0.15, -0.1) is 0 Å². The van der Waals surface area contributed by atoms with Crippen LogP contribution in [0, 0.1) is 5.92 Å². The molecule has 2 aliphatic rings. The third kappa shape index (κ3) is 2.98. The van der Waals surface area contributed by atoms with Crippen LogP contribution in [0.15, 0.2) is 0 Å². The summed E-state index contributed by atoms with van der Waals surface area (Å²) in [6, 6.07) is 0.439. The van der Waals surface area contributed by atoms with E-state index in [1.165, 1.54) is 32.1 Å². The summed E-state index contributed by atoms with van der Waals surface area (Å²) in [5.41, 5.74) is 0.155. The Bertz CT molecular complexity index is 284. The van der Waals surface area contributed by atoms with E-state index in [0.717, 1.165) is 19.6 Å². The lowest BCUT2D eigenvalue weighted by atomic mass is 9.68. The number of methoxy groups -OCH3 is 1. The lowest BCUT2D eigenvalue weighted by molar-refractivity contribution is -0.159. The van der Waals surface area contributed by atoms with Crippen molar-refractivity contribution in [1.82, 2.24) is 5.32 Å². The summed E-state index contributed by atoms with van der Waals surface area (Å²) in [4.78, 5) is 0. The second-order valence-electron chi connectivity index (χ2n) is 6.54. The lowest BCUT2D eigenvalue weighted by Crippen LogP contribution is -2.58. The zero-order chi connectivity index (χ0) is 13.9. The molecule has 2 rings (SSSR count). The fourth-order valence-corrected chi connectivity index (χ4v) is 3.86. The summed E-state index contributed by atoms with van der Waals surface area (Å²) in [6.45, 7) is 8.61. The van der Waals surface area contributed by atoms with Gasteiger partial charge in [-0.05, 0) is 57.9 Å². The molecule has 0 bridgehead atoms. The molecule has 112 valence electrons.